The van der Waals surface area contributed by atoms with Crippen LogP contribution in [-0.4, -0.2) is 35.0 Å². The van der Waals surface area contributed by atoms with E-state index in [0.29, 0.717) is 32.4 Å². The molecule has 4 nitrogen and oxygen atoms in total. The van der Waals surface area contributed by atoms with Gasteiger partial charge < -0.3 is 10.0 Å². The van der Waals surface area contributed by atoms with E-state index in [1.807, 2.05) is 0 Å². The fourth-order valence-corrected chi connectivity index (χ4v) is 1.79. The number of allylic oxidation sites excluding steroid dienone is 1. The van der Waals surface area contributed by atoms with Crippen molar-refractivity contribution in [2.75, 3.05) is 13.1 Å². The van der Waals surface area contributed by atoms with Crippen molar-refractivity contribution in [3.05, 3.63) is 12.7 Å². The topological polar surface area (TPSA) is 57.6 Å². The fraction of sp³-hybridized carbons (Fsp3) is 0.636. The van der Waals surface area contributed by atoms with Gasteiger partial charge in [-0.2, -0.15) is 0 Å². The molecule has 1 N–H and O–H groups in total. The Morgan fingerprint density at radius 1 is 1.53 bits per heavy atom. The molecule has 1 aliphatic heterocycles. The number of rotatable bonds is 4. The molecule has 1 saturated heterocycles. The minimum absolute atomic E-state index is 0.0425. The maximum Gasteiger partial charge on any atom is 0.308 e. The first-order valence-electron chi connectivity index (χ1n) is 5.26. The molecule has 0 aromatic carbocycles. The Hall–Kier alpha value is -1.32. The van der Waals surface area contributed by atoms with Crippen LogP contribution in [0.4, 0.5) is 0 Å². The summed E-state index contributed by atoms with van der Waals surface area (Å²) in [6.07, 6.45) is 4.27. The number of carboxylic acids is 1. The van der Waals surface area contributed by atoms with Gasteiger partial charge in [0, 0.05) is 19.5 Å². The number of carbonyl (C=O) groups excluding carboxylic acids is 1. The van der Waals surface area contributed by atoms with E-state index in [0.717, 1.165) is 6.42 Å². The summed E-state index contributed by atoms with van der Waals surface area (Å²) in [5, 5.41) is 8.86. The molecule has 0 aromatic rings. The summed E-state index contributed by atoms with van der Waals surface area (Å²) in [4.78, 5) is 24.1. The van der Waals surface area contributed by atoms with Gasteiger partial charge in [0.2, 0.25) is 5.91 Å². The molecule has 0 bridgehead atoms. The Kier molecular flexibility index (Phi) is 4.34. The first kappa shape index (κ1) is 11.8. The third kappa shape index (κ3) is 3.38. The lowest BCUT2D eigenvalue weighted by atomic mass is 9.98. The molecule has 1 atom stereocenters. The second kappa shape index (κ2) is 5.53. The van der Waals surface area contributed by atoms with Crippen LogP contribution in [0, 0.1) is 5.92 Å². The SMILES string of the molecule is C=CCCC(=O)N1CCC[C@H](C(=O)O)C1. The van der Waals surface area contributed by atoms with Crippen molar-refractivity contribution in [3.63, 3.8) is 0 Å². The number of carbonyl (C=O) groups is 2. The van der Waals surface area contributed by atoms with Crippen molar-refractivity contribution in [1.82, 2.24) is 4.90 Å². The third-order valence-electron chi connectivity index (χ3n) is 2.69. The predicted molar refractivity (Wildman–Crippen MR) is 56.4 cm³/mol. The lowest BCUT2D eigenvalue weighted by molar-refractivity contribution is -0.145. The summed E-state index contributed by atoms with van der Waals surface area (Å²) in [6.45, 7) is 4.62. The van der Waals surface area contributed by atoms with Crippen LogP contribution in [-0.2, 0) is 9.59 Å². The first-order valence-corrected chi connectivity index (χ1v) is 5.26. The van der Waals surface area contributed by atoms with E-state index in [1.165, 1.54) is 0 Å². The van der Waals surface area contributed by atoms with Crippen molar-refractivity contribution < 1.29 is 14.7 Å². The minimum atomic E-state index is -0.795. The highest BCUT2D eigenvalue weighted by atomic mass is 16.4. The van der Waals surface area contributed by atoms with Crippen LogP contribution in [0.25, 0.3) is 0 Å². The summed E-state index contributed by atoms with van der Waals surface area (Å²) in [6, 6.07) is 0. The van der Waals surface area contributed by atoms with E-state index in [2.05, 4.69) is 6.58 Å². The van der Waals surface area contributed by atoms with E-state index in [-0.39, 0.29) is 11.8 Å². The molecule has 0 radical (unpaired) electrons. The van der Waals surface area contributed by atoms with Gasteiger partial charge in [-0.05, 0) is 19.3 Å². The largest absolute Gasteiger partial charge is 0.481 e. The summed E-state index contributed by atoms with van der Waals surface area (Å²) in [5.74, 6) is -1.14. The van der Waals surface area contributed by atoms with Gasteiger partial charge in [-0.25, -0.2) is 0 Å². The molecule has 1 aliphatic rings. The molecule has 4 heteroatoms. The zero-order chi connectivity index (χ0) is 11.3. The average Bonchev–Trinajstić information content (AvgIpc) is 2.26. The normalized spacial score (nSPS) is 21.1. The molecule has 0 aliphatic carbocycles. The maximum absolute atomic E-state index is 11.6. The molecule has 1 amide bonds. The number of nitrogens with zero attached hydrogens (tertiary/aromatic N) is 1. The van der Waals surface area contributed by atoms with Crippen LogP contribution in [0.1, 0.15) is 25.7 Å². The van der Waals surface area contributed by atoms with Gasteiger partial charge in [0.25, 0.3) is 0 Å². The predicted octanol–water partition coefficient (Wildman–Crippen LogP) is 1.28. The monoisotopic (exact) mass is 211 g/mol. The summed E-state index contributed by atoms with van der Waals surface area (Å²) in [5.41, 5.74) is 0. The van der Waals surface area contributed by atoms with Crippen molar-refractivity contribution in [2.45, 2.75) is 25.7 Å². The second-order valence-corrected chi connectivity index (χ2v) is 3.84. The van der Waals surface area contributed by atoms with Gasteiger partial charge in [0.05, 0.1) is 5.92 Å². The molecule has 0 aromatic heterocycles. The van der Waals surface area contributed by atoms with Crippen LogP contribution in [0.5, 0.6) is 0 Å². The lowest BCUT2D eigenvalue weighted by Crippen LogP contribution is -2.42. The van der Waals surface area contributed by atoms with E-state index in [9.17, 15) is 9.59 Å². The van der Waals surface area contributed by atoms with E-state index >= 15 is 0 Å². The molecule has 0 saturated carbocycles. The molecule has 1 rings (SSSR count). The molecule has 1 fully saturated rings. The highest BCUT2D eigenvalue weighted by Crippen LogP contribution is 2.17. The number of hydrogen-bond donors (Lipinski definition) is 1. The molecule has 1 heterocycles. The van der Waals surface area contributed by atoms with Crippen molar-refractivity contribution in [1.29, 1.82) is 0 Å². The minimum Gasteiger partial charge on any atom is -0.481 e. The Bertz CT molecular complexity index is 263. The van der Waals surface area contributed by atoms with Gasteiger partial charge in [-0.15, -0.1) is 6.58 Å². The zero-order valence-corrected chi connectivity index (χ0v) is 8.82. The highest BCUT2D eigenvalue weighted by molar-refractivity contribution is 5.78. The standard InChI is InChI=1S/C11H17NO3/c1-2-3-6-10(13)12-7-4-5-9(8-12)11(14)15/h2,9H,1,3-8H2,(H,14,15)/t9-/m0/s1. The summed E-state index contributed by atoms with van der Waals surface area (Å²) >= 11 is 0. The van der Waals surface area contributed by atoms with Crippen LogP contribution in [0.15, 0.2) is 12.7 Å². The van der Waals surface area contributed by atoms with Crippen LogP contribution in [0.2, 0.25) is 0 Å². The quantitative estimate of drug-likeness (QED) is 0.712. The zero-order valence-electron chi connectivity index (χ0n) is 8.82. The van der Waals surface area contributed by atoms with Crippen molar-refractivity contribution in [2.24, 2.45) is 5.92 Å². The first-order chi connectivity index (χ1) is 7.15. The average molecular weight is 211 g/mol. The molecule has 0 unspecified atom stereocenters. The van der Waals surface area contributed by atoms with Gasteiger partial charge in [-0.3, -0.25) is 9.59 Å². The fourth-order valence-electron chi connectivity index (χ4n) is 1.79. The van der Waals surface area contributed by atoms with E-state index in [1.54, 1.807) is 11.0 Å². The number of piperidine rings is 1. The number of amides is 1. The smallest absolute Gasteiger partial charge is 0.308 e. The third-order valence-corrected chi connectivity index (χ3v) is 2.69. The Labute approximate surface area is 89.6 Å². The van der Waals surface area contributed by atoms with Crippen LogP contribution < -0.4 is 0 Å². The van der Waals surface area contributed by atoms with Gasteiger partial charge in [0.1, 0.15) is 0 Å². The summed E-state index contributed by atoms with van der Waals surface area (Å²) < 4.78 is 0. The molecule has 0 spiro atoms. The van der Waals surface area contributed by atoms with Crippen molar-refractivity contribution >= 4 is 11.9 Å². The Balaban J connectivity index is 2.44. The highest BCUT2D eigenvalue weighted by Gasteiger charge is 2.27. The van der Waals surface area contributed by atoms with Crippen LogP contribution in [0.3, 0.4) is 0 Å². The maximum atomic E-state index is 11.6. The molecule has 84 valence electrons. The number of carboxylic acid groups (broad SMARTS) is 1. The number of likely N-dealkylation sites (tertiary alicyclic amines) is 1. The van der Waals surface area contributed by atoms with E-state index < -0.39 is 5.97 Å². The van der Waals surface area contributed by atoms with Gasteiger partial charge in [0.15, 0.2) is 0 Å². The van der Waals surface area contributed by atoms with Crippen molar-refractivity contribution in [3.8, 4) is 0 Å². The number of hydrogen-bond acceptors (Lipinski definition) is 2. The Morgan fingerprint density at radius 2 is 2.27 bits per heavy atom. The molecule has 15 heavy (non-hydrogen) atoms. The van der Waals surface area contributed by atoms with Gasteiger partial charge in [-0.1, -0.05) is 6.08 Å². The second-order valence-electron chi connectivity index (χ2n) is 3.84. The summed E-state index contributed by atoms with van der Waals surface area (Å²) in [7, 11) is 0. The Morgan fingerprint density at radius 3 is 2.87 bits per heavy atom. The molecular weight excluding hydrogens is 194 g/mol. The van der Waals surface area contributed by atoms with Gasteiger partial charge >= 0.3 is 5.97 Å². The molecular formula is C11H17NO3. The van der Waals surface area contributed by atoms with E-state index in [4.69, 9.17) is 5.11 Å². The number of aliphatic carboxylic acids is 1. The van der Waals surface area contributed by atoms with Crippen LogP contribution >= 0.6 is 0 Å². The lowest BCUT2D eigenvalue weighted by Gasteiger charge is -2.30.